The number of hydrogen-bond donors (Lipinski definition) is 2. The fourth-order valence-electron chi connectivity index (χ4n) is 3.15. The molecule has 5 heteroatoms. The first kappa shape index (κ1) is 14.9. The van der Waals surface area contributed by atoms with Gasteiger partial charge in [-0.15, -0.1) is 0 Å². The molecule has 0 heterocycles. The van der Waals surface area contributed by atoms with Crippen molar-refractivity contribution in [2.75, 3.05) is 0 Å². The number of rotatable bonds is 4. The zero-order chi connectivity index (χ0) is 13.3. The van der Waals surface area contributed by atoms with Crippen LogP contribution >= 0.6 is 0 Å². The molecule has 0 aliphatic heterocycles. The lowest BCUT2D eigenvalue weighted by molar-refractivity contribution is 0.148. The first-order valence-electron chi connectivity index (χ1n) is 6.36. The van der Waals surface area contributed by atoms with E-state index in [0.717, 1.165) is 12.8 Å². The second-order valence-electron chi connectivity index (χ2n) is 6.19. The van der Waals surface area contributed by atoms with Gasteiger partial charge in [0.1, 0.15) is 5.37 Å². The van der Waals surface area contributed by atoms with E-state index in [0.29, 0.717) is 12.3 Å². The van der Waals surface area contributed by atoms with Crippen molar-refractivity contribution in [2.24, 2.45) is 11.3 Å². The number of hydrogen-bond acceptors (Lipinski definition) is 3. The summed E-state index contributed by atoms with van der Waals surface area (Å²) in [6, 6.07) is 0.181. The zero-order valence-corrected chi connectivity index (χ0v) is 12.0. The zero-order valence-electron chi connectivity index (χ0n) is 11.2. The van der Waals surface area contributed by atoms with Crippen LogP contribution in [0.1, 0.15) is 53.4 Å². The maximum absolute atomic E-state index is 11.2. The van der Waals surface area contributed by atoms with E-state index >= 15 is 0 Å². The minimum atomic E-state index is -3.98. The Kier molecular flexibility index (Phi) is 4.60. The minimum absolute atomic E-state index is 0.181. The van der Waals surface area contributed by atoms with Crippen molar-refractivity contribution < 1.29 is 13.0 Å². The summed E-state index contributed by atoms with van der Waals surface area (Å²) in [6.07, 6.45) is 3.51. The van der Waals surface area contributed by atoms with Crippen LogP contribution < -0.4 is 5.32 Å². The summed E-state index contributed by atoms with van der Waals surface area (Å²) in [7, 11) is -3.98. The van der Waals surface area contributed by atoms with E-state index in [1.165, 1.54) is 6.42 Å². The van der Waals surface area contributed by atoms with Crippen molar-refractivity contribution in [3.8, 4) is 0 Å². The van der Waals surface area contributed by atoms with Crippen molar-refractivity contribution >= 4 is 10.1 Å². The summed E-state index contributed by atoms with van der Waals surface area (Å²) in [5, 5.41) is 2.27. The molecule has 1 saturated carbocycles. The third-order valence-corrected chi connectivity index (χ3v) is 4.73. The normalized spacial score (nSPS) is 31.1. The average Bonchev–Trinajstić information content (AvgIpc) is 2.08. The van der Waals surface area contributed by atoms with Gasteiger partial charge in [0.2, 0.25) is 0 Å². The Labute approximate surface area is 105 Å². The van der Waals surface area contributed by atoms with E-state index in [2.05, 4.69) is 26.1 Å². The average molecular weight is 263 g/mol. The summed E-state index contributed by atoms with van der Waals surface area (Å²) in [5.74, 6) is 0.593. The van der Waals surface area contributed by atoms with Crippen LogP contribution in [-0.4, -0.2) is 24.4 Å². The van der Waals surface area contributed by atoms with Crippen LogP contribution in [0.5, 0.6) is 0 Å². The highest BCUT2D eigenvalue weighted by Crippen LogP contribution is 2.38. The summed E-state index contributed by atoms with van der Waals surface area (Å²) in [5.41, 5.74) is 0.243. The molecule has 4 nitrogen and oxygen atoms in total. The smallest absolute Gasteiger partial charge is 0.281 e. The van der Waals surface area contributed by atoms with E-state index < -0.39 is 15.5 Å². The van der Waals surface area contributed by atoms with Crippen molar-refractivity contribution in [2.45, 2.75) is 64.8 Å². The maximum atomic E-state index is 11.2. The van der Waals surface area contributed by atoms with E-state index in [9.17, 15) is 8.42 Å². The van der Waals surface area contributed by atoms with Crippen LogP contribution in [0.4, 0.5) is 0 Å². The van der Waals surface area contributed by atoms with Gasteiger partial charge in [0.15, 0.2) is 0 Å². The summed E-state index contributed by atoms with van der Waals surface area (Å²) in [4.78, 5) is 0. The molecular weight excluding hydrogens is 238 g/mol. The Hall–Kier alpha value is -0.130. The molecule has 0 radical (unpaired) electrons. The first-order valence-corrected chi connectivity index (χ1v) is 7.86. The Bertz CT molecular complexity index is 351. The van der Waals surface area contributed by atoms with Gasteiger partial charge in [-0.2, -0.15) is 8.42 Å². The van der Waals surface area contributed by atoms with Gasteiger partial charge in [-0.25, -0.2) is 0 Å². The Balaban J connectivity index is 2.68. The molecule has 1 fully saturated rings. The number of nitrogens with one attached hydrogen (secondary N) is 1. The summed E-state index contributed by atoms with van der Waals surface area (Å²) < 4.78 is 31.5. The lowest BCUT2D eigenvalue weighted by Crippen LogP contribution is -2.47. The fraction of sp³-hybridized carbons (Fsp3) is 1.00. The molecule has 1 rings (SSSR count). The van der Waals surface area contributed by atoms with Crippen LogP contribution in [0.25, 0.3) is 0 Å². The predicted molar refractivity (Wildman–Crippen MR) is 69.3 cm³/mol. The highest BCUT2D eigenvalue weighted by atomic mass is 32.2. The molecule has 102 valence electrons. The third kappa shape index (κ3) is 4.56. The van der Waals surface area contributed by atoms with Gasteiger partial charge in [0.25, 0.3) is 10.1 Å². The molecule has 2 N–H and O–H groups in total. The fourth-order valence-corrected chi connectivity index (χ4v) is 3.94. The Morgan fingerprint density at radius 2 is 2.00 bits per heavy atom. The predicted octanol–water partition coefficient (Wildman–Crippen LogP) is 2.41. The van der Waals surface area contributed by atoms with Gasteiger partial charge >= 0.3 is 0 Å². The molecule has 0 bridgehead atoms. The lowest BCUT2D eigenvalue weighted by atomic mass is 9.70. The van der Waals surface area contributed by atoms with Crippen molar-refractivity contribution in [3.63, 3.8) is 0 Å². The van der Waals surface area contributed by atoms with Gasteiger partial charge in [-0.3, -0.25) is 9.87 Å². The highest BCUT2D eigenvalue weighted by Gasteiger charge is 2.34. The quantitative estimate of drug-likeness (QED) is 0.764. The molecule has 0 aromatic carbocycles. The molecule has 0 amide bonds. The van der Waals surface area contributed by atoms with Crippen LogP contribution in [0.15, 0.2) is 0 Å². The SMILES string of the molecule is CCC(NC1CC(C)CC(C)(C)C1)S(=O)(=O)O. The van der Waals surface area contributed by atoms with Crippen LogP contribution in [0.2, 0.25) is 0 Å². The summed E-state index contributed by atoms with van der Waals surface area (Å²) >= 11 is 0. The van der Waals surface area contributed by atoms with Crippen LogP contribution in [-0.2, 0) is 10.1 Å². The molecule has 1 aliphatic rings. The van der Waals surface area contributed by atoms with Crippen molar-refractivity contribution in [1.82, 2.24) is 5.32 Å². The van der Waals surface area contributed by atoms with Gasteiger partial charge < -0.3 is 0 Å². The lowest BCUT2D eigenvalue weighted by Gasteiger charge is -2.40. The molecule has 1 aliphatic carbocycles. The molecule has 3 atom stereocenters. The standard InChI is InChI=1S/C12H25NO3S/c1-5-11(17(14,15)16)13-10-6-9(2)7-12(3,4)8-10/h9-11,13H,5-8H2,1-4H3,(H,14,15,16). The largest absolute Gasteiger partial charge is 0.296 e. The maximum Gasteiger partial charge on any atom is 0.281 e. The van der Waals surface area contributed by atoms with Crippen LogP contribution in [0, 0.1) is 11.3 Å². The van der Waals surface area contributed by atoms with E-state index in [1.54, 1.807) is 6.92 Å². The third-order valence-electron chi connectivity index (χ3n) is 3.54. The molecule has 0 spiro atoms. The van der Waals surface area contributed by atoms with Crippen molar-refractivity contribution in [3.05, 3.63) is 0 Å². The second-order valence-corrected chi connectivity index (χ2v) is 7.79. The minimum Gasteiger partial charge on any atom is -0.296 e. The van der Waals surface area contributed by atoms with Gasteiger partial charge in [-0.1, -0.05) is 27.7 Å². The second kappa shape index (κ2) is 5.24. The van der Waals surface area contributed by atoms with E-state index in [-0.39, 0.29) is 11.5 Å². The first-order chi connectivity index (χ1) is 7.64. The van der Waals surface area contributed by atoms with Gasteiger partial charge in [-0.05, 0) is 37.0 Å². The molecule has 0 aromatic rings. The molecular formula is C12H25NO3S. The van der Waals surface area contributed by atoms with Gasteiger partial charge in [0, 0.05) is 6.04 Å². The molecule has 17 heavy (non-hydrogen) atoms. The molecule has 0 aromatic heterocycles. The monoisotopic (exact) mass is 263 g/mol. The van der Waals surface area contributed by atoms with Crippen molar-refractivity contribution in [1.29, 1.82) is 0 Å². The topological polar surface area (TPSA) is 66.4 Å². The highest BCUT2D eigenvalue weighted by molar-refractivity contribution is 7.86. The van der Waals surface area contributed by atoms with Crippen LogP contribution in [0.3, 0.4) is 0 Å². The molecule has 0 saturated heterocycles. The molecule has 3 unspecified atom stereocenters. The Morgan fingerprint density at radius 1 is 1.41 bits per heavy atom. The van der Waals surface area contributed by atoms with Gasteiger partial charge in [0.05, 0.1) is 0 Å². The Morgan fingerprint density at radius 3 is 2.41 bits per heavy atom. The van der Waals surface area contributed by atoms with E-state index in [1.807, 2.05) is 0 Å². The van der Waals surface area contributed by atoms with E-state index in [4.69, 9.17) is 4.55 Å². The summed E-state index contributed by atoms with van der Waals surface area (Å²) in [6.45, 7) is 8.39.